The lowest BCUT2D eigenvalue weighted by Gasteiger charge is -2.01. The maximum absolute atomic E-state index is 5.03. The summed E-state index contributed by atoms with van der Waals surface area (Å²) in [5.41, 5.74) is 2.51. The minimum atomic E-state index is 0.658. The molecule has 2 heterocycles. The summed E-state index contributed by atoms with van der Waals surface area (Å²) in [7, 11) is 1.69. The molecule has 0 fully saturated rings. The van der Waals surface area contributed by atoms with Crippen molar-refractivity contribution in [2.24, 2.45) is 0 Å². The van der Waals surface area contributed by atoms with Gasteiger partial charge >= 0.3 is 0 Å². The van der Waals surface area contributed by atoms with Crippen LogP contribution in [0.4, 0.5) is 5.13 Å². The van der Waals surface area contributed by atoms with E-state index in [-0.39, 0.29) is 0 Å². The zero-order valence-electron chi connectivity index (χ0n) is 11.9. The molecule has 2 aromatic heterocycles. The van der Waals surface area contributed by atoms with Crippen LogP contribution in [0.25, 0.3) is 10.9 Å². The van der Waals surface area contributed by atoms with Gasteiger partial charge in [-0.3, -0.25) is 0 Å². The molecule has 3 aromatic rings. The molecule has 0 saturated heterocycles. The molecule has 0 aliphatic heterocycles. The maximum Gasteiger partial charge on any atom is 0.202 e. The highest BCUT2D eigenvalue weighted by Gasteiger charge is 2.05. The molecule has 2 N–H and O–H groups in total. The number of hydrogen-bond acceptors (Lipinski definition) is 5. The first-order valence-electron chi connectivity index (χ1n) is 6.97. The summed E-state index contributed by atoms with van der Waals surface area (Å²) in [5.74, 6) is 0.844. The van der Waals surface area contributed by atoms with Crippen LogP contribution in [-0.2, 0) is 17.6 Å². The maximum atomic E-state index is 5.03. The van der Waals surface area contributed by atoms with Crippen molar-refractivity contribution in [3.8, 4) is 0 Å². The standard InChI is InChI=1S/C15H18N4OS/c1-20-9-7-14-18-15(21-19-14)16-8-6-11-10-17-13-5-3-2-4-12(11)13/h2-5,10,17H,6-9H2,1H3,(H,16,18,19). The summed E-state index contributed by atoms with van der Waals surface area (Å²) in [5, 5.41) is 5.50. The van der Waals surface area contributed by atoms with Crippen molar-refractivity contribution in [3.05, 3.63) is 41.9 Å². The van der Waals surface area contributed by atoms with Gasteiger partial charge in [0, 0.05) is 48.7 Å². The second-order valence-electron chi connectivity index (χ2n) is 4.79. The number of para-hydroxylation sites is 1. The van der Waals surface area contributed by atoms with Crippen molar-refractivity contribution in [3.63, 3.8) is 0 Å². The molecule has 0 bridgehead atoms. The number of hydrogen-bond donors (Lipinski definition) is 2. The van der Waals surface area contributed by atoms with Gasteiger partial charge in [0.05, 0.1) is 6.61 Å². The third-order valence-corrected chi connectivity index (χ3v) is 4.05. The van der Waals surface area contributed by atoms with Crippen LogP contribution in [0.2, 0.25) is 0 Å². The number of nitrogens with one attached hydrogen (secondary N) is 2. The molecule has 0 aliphatic carbocycles. The Hall–Kier alpha value is -1.92. The normalized spacial score (nSPS) is 11.1. The number of anilines is 1. The van der Waals surface area contributed by atoms with Gasteiger partial charge in [-0.05, 0) is 18.1 Å². The van der Waals surface area contributed by atoms with Gasteiger partial charge in [-0.15, -0.1) is 0 Å². The summed E-state index contributed by atoms with van der Waals surface area (Å²) in [6, 6.07) is 8.36. The smallest absolute Gasteiger partial charge is 0.202 e. The molecule has 0 radical (unpaired) electrons. The van der Waals surface area contributed by atoms with E-state index in [1.54, 1.807) is 7.11 Å². The molecule has 1 aromatic carbocycles. The van der Waals surface area contributed by atoms with E-state index in [4.69, 9.17) is 4.74 Å². The van der Waals surface area contributed by atoms with Gasteiger partial charge in [0.2, 0.25) is 5.13 Å². The fourth-order valence-corrected chi connectivity index (χ4v) is 2.90. The summed E-state index contributed by atoms with van der Waals surface area (Å²) in [4.78, 5) is 7.73. The fraction of sp³-hybridized carbons (Fsp3) is 0.333. The summed E-state index contributed by atoms with van der Waals surface area (Å²) in [6.07, 6.45) is 3.80. The van der Waals surface area contributed by atoms with Gasteiger partial charge < -0.3 is 15.0 Å². The van der Waals surface area contributed by atoms with Gasteiger partial charge in [-0.1, -0.05) is 18.2 Å². The first kappa shape index (κ1) is 14.0. The lowest BCUT2D eigenvalue weighted by molar-refractivity contribution is 0.201. The Bertz CT molecular complexity index is 706. The second-order valence-corrected chi connectivity index (χ2v) is 5.55. The average Bonchev–Trinajstić information content (AvgIpc) is 3.13. The molecule has 21 heavy (non-hydrogen) atoms. The Kier molecular flexibility index (Phi) is 4.47. The van der Waals surface area contributed by atoms with E-state index >= 15 is 0 Å². The van der Waals surface area contributed by atoms with Crippen LogP contribution < -0.4 is 5.32 Å². The number of methoxy groups -OCH3 is 1. The molecule has 0 saturated carbocycles. The summed E-state index contributed by atoms with van der Waals surface area (Å²) >= 11 is 1.41. The molecular weight excluding hydrogens is 284 g/mol. The Morgan fingerprint density at radius 3 is 3.10 bits per heavy atom. The quantitative estimate of drug-likeness (QED) is 0.704. The molecule has 0 spiro atoms. The Morgan fingerprint density at radius 1 is 1.29 bits per heavy atom. The van der Waals surface area contributed by atoms with Crippen LogP contribution in [-0.4, -0.2) is 34.6 Å². The highest BCUT2D eigenvalue weighted by atomic mass is 32.1. The monoisotopic (exact) mass is 302 g/mol. The van der Waals surface area contributed by atoms with Gasteiger partial charge in [0.15, 0.2) is 0 Å². The SMILES string of the molecule is COCCc1nsc(NCCc2c[nH]c3ccccc23)n1. The molecule has 0 unspecified atom stereocenters. The molecule has 6 heteroatoms. The van der Waals surface area contributed by atoms with Crippen molar-refractivity contribution in [2.45, 2.75) is 12.8 Å². The zero-order chi connectivity index (χ0) is 14.5. The molecular formula is C15H18N4OS. The molecule has 0 aliphatic rings. The summed E-state index contributed by atoms with van der Waals surface area (Å²) < 4.78 is 9.33. The predicted molar refractivity (Wildman–Crippen MR) is 86.0 cm³/mol. The number of fused-ring (bicyclic) bond motifs is 1. The number of nitrogens with zero attached hydrogens (tertiary/aromatic N) is 2. The average molecular weight is 302 g/mol. The van der Waals surface area contributed by atoms with Crippen LogP contribution in [0.3, 0.4) is 0 Å². The summed E-state index contributed by atoms with van der Waals surface area (Å²) in [6.45, 7) is 1.51. The second kappa shape index (κ2) is 6.69. The molecule has 0 atom stereocenters. The van der Waals surface area contributed by atoms with E-state index < -0.39 is 0 Å². The Labute approximate surface area is 127 Å². The van der Waals surface area contributed by atoms with E-state index in [1.807, 2.05) is 6.07 Å². The lowest BCUT2D eigenvalue weighted by Crippen LogP contribution is -2.04. The molecule has 5 nitrogen and oxygen atoms in total. The number of rotatable bonds is 7. The molecule has 110 valence electrons. The minimum absolute atomic E-state index is 0.658. The van der Waals surface area contributed by atoms with E-state index in [1.165, 1.54) is 28.0 Å². The number of ether oxygens (including phenoxy) is 1. The van der Waals surface area contributed by atoms with Crippen molar-refractivity contribution < 1.29 is 4.74 Å². The van der Waals surface area contributed by atoms with Crippen molar-refractivity contribution >= 4 is 27.6 Å². The van der Waals surface area contributed by atoms with E-state index in [9.17, 15) is 0 Å². The highest BCUT2D eigenvalue weighted by Crippen LogP contribution is 2.18. The van der Waals surface area contributed by atoms with Gasteiger partial charge in [-0.2, -0.15) is 4.37 Å². The van der Waals surface area contributed by atoms with Crippen LogP contribution >= 0.6 is 11.5 Å². The number of benzene rings is 1. The van der Waals surface area contributed by atoms with Crippen LogP contribution in [0.5, 0.6) is 0 Å². The highest BCUT2D eigenvalue weighted by molar-refractivity contribution is 7.09. The van der Waals surface area contributed by atoms with E-state index in [0.717, 1.165) is 30.3 Å². The lowest BCUT2D eigenvalue weighted by atomic mass is 10.1. The van der Waals surface area contributed by atoms with E-state index in [0.29, 0.717) is 6.61 Å². The van der Waals surface area contributed by atoms with Crippen LogP contribution in [0.15, 0.2) is 30.5 Å². The van der Waals surface area contributed by atoms with Crippen LogP contribution in [0.1, 0.15) is 11.4 Å². The van der Waals surface area contributed by atoms with Gasteiger partial charge in [0.25, 0.3) is 0 Å². The van der Waals surface area contributed by atoms with Crippen molar-refractivity contribution in [1.29, 1.82) is 0 Å². The molecule has 3 rings (SSSR count). The van der Waals surface area contributed by atoms with Crippen molar-refractivity contribution in [1.82, 2.24) is 14.3 Å². The fourth-order valence-electron chi connectivity index (χ4n) is 2.26. The Morgan fingerprint density at radius 2 is 2.19 bits per heavy atom. The predicted octanol–water partition coefficient (Wildman–Crippen LogP) is 2.86. The topological polar surface area (TPSA) is 62.8 Å². The zero-order valence-corrected chi connectivity index (χ0v) is 12.7. The van der Waals surface area contributed by atoms with Gasteiger partial charge in [0.1, 0.15) is 5.82 Å². The minimum Gasteiger partial charge on any atom is -0.384 e. The van der Waals surface area contributed by atoms with E-state index in [2.05, 4.69) is 44.1 Å². The van der Waals surface area contributed by atoms with Crippen molar-refractivity contribution in [2.75, 3.05) is 25.6 Å². The number of H-pyrrole nitrogens is 1. The number of aromatic nitrogens is 3. The molecule has 0 amide bonds. The largest absolute Gasteiger partial charge is 0.384 e. The van der Waals surface area contributed by atoms with Gasteiger partial charge in [-0.25, -0.2) is 4.98 Å². The third kappa shape index (κ3) is 3.40. The van der Waals surface area contributed by atoms with Crippen LogP contribution in [0, 0.1) is 0 Å². The third-order valence-electron chi connectivity index (χ3n) is 3.34. The first-order chi connectivity index (χ1) is 10.4. The number of aromatic amines is 1. The Balaban J connectivity index is 1.55. The first-order valence-corrected chi connectivity index (χ1v) is 7.74.